The molecule has 0 unspecified atom stereocenters. The van der Waals surface area contributed by atoms with Crippen LogP contribution in [-0.2, 0) is 18.3 Å². The fraction of sp³-hybridized carbons (Fsp3) is 0.727. The van der Waals surface area contributed by atoms with Gasteiger partial charge in [0.2, 0.25) is 0 Å². The van der Waals surface area contributed by atoms with E-state index in [4.69, 9.17) is 10.5 Å². The maximum atomic E-state index is 10.7. The highest BCUT2D eigenvalue weighted by molar-refractivity contribution is 5.63. The molecule has 3 fully saturated rings. The zero-order valence-corrected chi connectivity index (χ0v) is 15.7. The van der Waals surface area contributed by atoms with E-state index in [1.54, 1.807) is 0 Å². The second-order valence-corrected chi connectivity index (χ2v) is 9.48. The summed E-state index contributed by atoms with van der Waals surface area (Å²) < 4.78 is 6.46. The third-order valence-electron chi connectivity index (χ3n) is 8.27. The van der Waals surface area contributed by atoms with Crippen molar-refractivity contribution in [3.8, 4) is 11.5 Å². The SMILES string of the molecule is CCc1cc(O)c2c3c1C[C@@H]1[C@@H]4CC[C@@H](N)[C@H](O2)[C@]34CCN1CC1CC1. The summed E-state index contributed by atoms with van der Waals surface area (Å²) in [6.45, 7) is 4.66. The number of hydrogen-bond acceptors (Lipinski definition) is 4. The lowest BCUT2D eigenvalue weighted by Gasteiger charge is -2.59. The third-order valence-corrected chi connectivity index (χ3v) is 8.27. The van der Waals surface area contributed by atoms with Gasteiger partial charge < -0.3 is 15.6 Å². The van der Waals surface area contributed by atoms with Gasteiger partial charge in [-0.3, -0.25) is 4.90 Å². The van der Waals surface area contributed by atoms with Crippen LogP contribution in [-0.4, -0.2) is 41.3 Å². The lowest BCUT2D eigenvalue weighted by molar-refractivity contribution is -0.0606. The van der Waals surface area contributed by atoms with Gasteiger partial charge in [0.05, 0.1) is 0 Å². The summed E-state index contributed by atoms with van der Waals surface area (Å²) in [6, 6.07) is 2.69. The van der Waals surface area contributed by atoms with Crippen LogP contribution < -0.4 is 10.5 Å². The molecular weight excluding hydrogens is 324 g/mol. The first-order chi connectivity index (χ1) is 12.6. The molecule has 5 aliphatic rings. The zero-order valence-electron chi connectivity index (χ0n) is 15.7. The maximum Gasteiger partial charge on any atom is 0.165 e. The van der Waals surface area contributed by atoms with E-state index in [0.717, 1.165) is 37.4 Å². The highest BCUT2D eigenvalue weighted by Gasteiger charge is 2.65. The van der Waals surface area contributed by atoms with E-state index in [-0.39, 0.29) is 17.6 Å². The average molecular weight is 354 g/mol. The molecule has 5 atom stereocenters. The van der Waals surface area contributed by atoms with Gasteiger partial charge in [-0.05, 0) is 80.5 Å². The summed E-state index contributed by atoms with van der Waals surface area (Å²) in [4.78, 5) is 2.81. The van der Waals surface area contributed by atoms with E-state index in [2.05, 4.69) is 11.8 Å². The minimum absolute atomic E-state index is 0.0496. The summed E-state index contributed by atoms with van der Waals surface area (Å²) in [7, 11) is 0. The van der Waals surface area contributed by atoms with Crippen LogP contribution >= 0.6 is 0 Å². The Morgan fingerprint density at radius 1 is 1.31 bits per heavy atom. The molecule has 3 N–H and O–H groups in total. The number of benzene rings is 1. The third kappa shape index (κ3) is 1.83. The van der Waals surface area contributed by atoms with Crippen LogP contribution in [0, 0.1) is 11.8 Å². The molecule has 6 rings (SSSR count). The van der Waals surface area contributed by atoms with Crippen molar-refractivity contribution in [3.05, 3.63) is 22.8 Å². The van der Waals surface area contributed by atoms with Crippen LogP contribution in [0.4, 0.5) is 0 Å². The molecule has 1 spiro atoms. The van der Waals surface area contributed by atoms with Crippen molar-refractivity contribution in [3.63, 3.8) is 0 Å². The topological polar surface area (TPSA) is 58.7 Å². The molecule has 1 aromatic carbocycles. The van der Waals surface area contributed by atoms with E-state index >= 15 is 0 Å². The van der Waals surface area contributed by atoms with E-state index in [9.17, 15) is 5.11 Å². The van der Waals surface area contributed by atoms with E-state index in [1.807, 2.05) is 6.07 Å². The highest BCUT2D eigenvalue weighted by Crippen LogP contribution is 2.64. The number of phenolic OH excluding ortho intramolecular Hbond substituents is 1. The summed E-state index contributed by atoms with van der Waals surface area (Å²) in [5.41, 5.74) is 10.8. The Morgan fingerprint density at radius 2 is 2.15 bits per heavy atom. The van der Waals surface area contributed by atoms with Gasteiger partial charge in [-0.1, -0.05) is 6.92 Å². The van der Waals surface area contributed by atoms with E-state index in [1.165, 1.54) is 49.0 Å². The van der Waals surface area contributed by atoms with Crippen LogP contribution in [0.25, 0.3) is 0 Å². The van der Waals surface area contributed by atoms with Gasteiger partial charge in [-0.2, -0.15) is 0 Å². The molecule has 4 heteroatoms. The molecule has 0 amide bonds. The van der Waals surface area contributed by atoms with Crippen LogP contribution in [0.15, 0.2) is 6.07 Å². The van der Waals surface area contributed by atoms with Crippen molar-refractivity contribution in [1.82, 2.24) is 4.90 Å². The van der Waals surface area contributed by atoms with Crippen molar-refractivity contribution in [1.29, 1.82) is 0 Å². The lowest BCUT2D eigenvalue weighted by atomic mass is 9.50. The smallest absolute Gasteiger partial charge is 0.165 e. The van der Waals surface area contributed by atoms with Crippen molar-refractivity contribution < 1.29 is 9.84 Å². The first-order valence-corrected chi connectivity index (χ1v) is 10.7. The number of piperidine rings is 1. The van der Waals surface area contributed by atoms with Gasteiger partial charge in [0.1, 0.15) is 6.10 Å². The molecule has 2 saturated carbocycles. The van der Waals surface area contributed by atoms with Crippen molar-refractivity contribution >= 4 is 0 Å². The molecule has 2 aliphatic heterocycles. The van der Waals surface area contributed by atoms with Gasteiger partial charge in [-0.15, -0.1) is 0 Å². The molecule has 0 radical (unpaired) electrons. The highest BCUT2D eigenvalue weighted by atomic mass is 16.5. The molecular formula is C22H30N2O2. The van der Waals surface area contributed by atoms with Gasteiger partial charge in [0, 0.05) is 29.6 Å². The number of nitrogens with zero attached hydrogens (tertiary/aromatic N) is 1. The molecule has 1 saturated heterocycles. The molecule has 140 valence electrons. The van der Waals surface area contributed by atoms with Crippen LogP contribution in [0.1, 0.15) is 55.7 Å². The standard InChI is InChI=1S/C22H30N2O2/c1-2-13-9-18(25)20-19-14(13)10-17-15-5-6-16(23)21(26-20)22(15,19)7-8-24(17)11-12-3-4-12/h9,12,15-17,21,25H,2-8,10-11,23H2,1H3/t15-,16+,17+,21-,22-/m0/s1. The summed E-state index contributed by atoms with van der Waals surface area (Å²) >= 11 is 0. The second kappa shape index (κ2) is 5.17. The second-order valence-electron chi connectivity index (χ2n) is 9.48. The molecule has 4 nitrogen and oxygen atoms in total. The number of ether oxygens (including phenoxy) is 1. The summed E-state index contributed by atoms with van der Waals surface area (Å²) in [5, 5.41) is 10.7. The Balaban J connectivity index is 1.55. The number of likely N-dealkylation sites (tertiary alicyclic amines) is 1. The fourth-order valence-electron chi connectivity index (χ4n) is 7.00. The minimum atomic E-state index is 0.0496. The van der Waals surface area contributed by atoms with Crippen LogP contribution in [0.3, 0.4) is 0 Å². The van der Waals surface area contributed by atoms with Gasteiger partial charge >= 0.3 is 0 Å². The number of hydrogen-bond donors (Lipinski definition) is 2. The van der Waals surface area contributed by atoms with Crippen molar-refractivity contribution in [2.45, 2.75) is 75.5 Å². The largest absolute Gasteiger partial charge is 0.504 e. The first kappa shape index (κ1) is 15.8. The Kier molecular flexibility index (Phi) is 3.13. The number of phenols is 1. The number of aromatic hydroxyl groups is 1. The fourth-order valence-corrected chi connectivity index (χ4v) is 7.00. The molecule has 3 aliphatic carbocycles. The Labute approximate surface area is 155 Å². The van der Waals surface area contributed by atoms with Crippen LogP contribution in [0.5, 0.6) is 11.5 Å². The summed E-state index contributed by atoms with van der Waals surface area (Å²) in [5.74, 6) is 2.70. The zero-order chi connectivity index (χ0) is 17.6. The van der Waals surface area contributed by atoms with Crippen LogP contribution in [0.2, 0.25) is 0 Å². The molecule has 0 aromatic heterocycles. The van der Waals surface area contributed by atoms with E-state index in [0.29, 0.717) is 17.7 Å². The minimum Gasteiger partial charge on any atom is -0.504 e. The number of nitrogens with two attached hydrogens (primary N) is 1. The Morgan fingerprint density at radius 3 is 2.92 bits per heavy atom. The average Bonchev–Trinajstić information content (AvgIpc) is 3.38. The maximum absolute atomic E-state index is 10.7. The lowest BCUT2D eigenvalue weighted by Crippen LogP contribution is -2.68. The van der Waals surface area contributed by atoms with Gasteiger partial charge in [0.15, 0.2) is 11.5 Å². The normalized spacial score (nSPS) is 40.2. The predicted molar refractivity (Wildman–Crippen MR) is 101 cm³/mol. The monoisotopic (exact) mass is 354 g/mol. The quantitative estimate of drug-likeness (QED) is 0.876. The molecule has 1 aromatic rings. The number of aryl methyl sites for hydroxylation is 1. The van der Waals surface area contributed by atoms with Gasteiger partial charge in [-0.25, -0.2) is 0 Å². The van der Waals surface area contributed by atoms with Crippen molar-refractivity contribution in [2.24, 2.45) is 17.6 Å². The number of rotatable bonds is 3. The Hall–Kier alpha value is -1.26. The molecule has 26 heavy (non-hydrogen) atoms. The van der Waals surface area contributed by atoms with E-state index < -0.39 is 0 Å². The predicted octanol–water partition coefficient (Wildman–Crippen LogP) is 2.73. The molecule has 2 heterocycles. The first-order valence-electron chi connectivity index (χ1n) is 10.7. The Bertz CT molecular complexity index is 774. The molecule has 2 bridgehead atoms. The van der Waals surface area contributed by atoms with Crippen molar-refractivity contribution in [2.75, 3.05) is 13.1 Å². The summed E-state index contributed by atoms with van der Waals surface area (Å²) in [6.07, 6.45) is 8.41. The van der Waals surface area contributed by atoms with Gasteiger partial charge in [0.25, 0.3) is 0 Å².